The summed E-state index contributed by atoms with van der Waals surface area (Å²) in [7, 11) is 0. The molecule has 20 heavy (non-hydrogen) atoms. The summed E-state index contributed by atoms with van der Waals surface area (Å²) >= 11 is 0. The molecule has 1 aliphatic carbocycles. The van der Waals surface area contributed by atoms with Crippen molar-refractivity contribution in [3.05, 3.63) is 47.0 Å². The van der Waals surface area contributed by atoms with Gasteiger partial charge in [0.2, 0.25) is 0 Å². The second-order valence-corrected chi connectivity index (χ2v) is 5.06. The summed E-state index contributed by atoms with van der Waals surface area (Å²) in [6, 6.07) is 9.67. The fourth-order valence-corrected chi connectivity index (χ4v) is 2.71. The summed E-state index contributed by atoms with van der Waals surface area (Å²) in [4.78, 5) is 23.2. The van der Waals surface area contributed by atoms with E-state index in [1.807, 2.05) is 18.2 Å². The molecule has 1 unspecified atom stereocenters. The van der Waals surface area contributed by atoms with Gasteiger partial charge in [-0.25, -0.2) is 4.79 Å². The first kappa shape index (κ1) is 12.7. The lowest BCUT2D eigenvalue weighted by atomic mass is 10.00. The Kier molecular flexibility index (Phi) is 2.93. The van der Waals surface area contributed by atoms with Gasteiger partial charge < -0.3 is 10.5 Å². The van der Waals surface area contributed by atoms with E-state index in [1.54, 1.807) is 6.07 Å². The predicted molar refractivity (Wildman–Crippen MR) is 75.4 cm³/mol. The second-order valence-electron chi connectivity index (χ2n) is 5.06. The minimum atomic E-state index is -0.925. The minimum Gasteiger partial charge on any atom is -0.449 e. The van der Waals surface area contributed by atoms with Gasteiger partial charge in [-0.15, -0.1) is 0 Å². The highest BCUT2D eigenvalue weighted by Crippen LogP contribution is 2.33. The van der Waals surface area contributed by atoms with Crippen LogP contribution in [-0.2, 0) is 22.4 Å². The molecule has 2 N–H and O–H groups in total. The van der Waals surface area contributed by atoms with Gasteiger partial charge in [0.25, 0.3) is 5.91 Å². The van der Waals surface area contributed by atoms with Crippen molar-refractivity contribution in [3.8, 4) is 0 Å². The van der Waals surface area contributed by atoms with Gasteiger partial charge in [0.15, 0.2) is 6.10 Å². The van der Waals surface area contributed by atoms with E-state index in [9.17, 15) is 9.59 Å². The number of esters is 1. The lowest BCUT2D eigenvalue weighted by Gasteiger charge is -2.12. The average molecular weight is 269 g/mol. The van der Waals surface area contributed by atoms with Gasteiger partial charge in [0.1, 0.15) is 0 Å². The maximum Gasteiger partial charge on any atom is 0.339 e. The van der Waals surface area contributed by atoms with Gasteiger partial charge in [-0.3, -0.25) is 4.79 Å². The summed E-state index contributed by atoms with van der Waals surface area (Å²) in [5.74, 6) is -1.16. The average Bonchev–Trinajstić information content (AvgIpc) is 2.84. The number of carbonyl (C=O) groups is 2. The molecule has 4 heteroatoms. The van der Waals surface area contributed by atoms with Crippen molar-refractivity contribution >= 4 is 22.6 Å². The highest BCUT2D eigenvalue weighted by Gasteiger charge is 2.21. The Morgan fingerprint density at radius 3 is 2.55 bits per heavy atom. The molecule has 3 rings (SSSR count). The molecular formula is C16H15NO3. The topological polar surface area (TPSA) is 69.4 Å². The minimum absolute atomic E-state index is 0.487. The number of hydrogen-bond acceptors (Lipinski definition) is 3. The van der Waals surface area contributed by atoms with E-state index >= 15 is 0 Å². The number of rotatable bonds is 3. The molecule has 0 bridgehead atoms. The Hall–Kier alpha value is -2.36. The van der Waals surface area contributed by atoms with Crippen LogP contribution in [-0.4, -0.2) is 18.0 Å². The first-order valence-electron chi connectivity index (χ1n) is 6.61. The Balaban J connectivity index is 2.05. The Morgan fingerprint density at radius 2 is 1.85 bits per heavy atom. The number of aryl methyl sites for hydroxylation is 2. The largest absolute Gasteiger partial charge is 0.449 e. The Morgan fingerprint density at radius 1 is 1.15 bits per heavy atom. The van der Waals surface area contributed by atoms with Crippen molar-refractivity contribution in [1.29, 1.82) is 0 Å². The standard InChI is InChI=1S/C16H15NO3/c1-9(15(17)18)20-16(19)13-8-7-11-6-5-10-3-2-4-12(13)14(10)11/h2-4,7-9H,5-6H2,1H3,(H2,17,18). The second kappa shape index (κ2) is 4.63. The van der Waals surface area contributed by atoms with Crippen LogP contribution in [0.1, 0.15) is 28.4 Å². The number of ether oxygens (including phenoxy) is 1. The van der Waals surface area contributed by atoms with E-state index in [0.717, 1.165) is 23.6 Å². The van der Waals surface area contributed by atoms with Gasteiger partial charge in [-0.05, 0) is 47.7 Å². The van der Waals surface area contributed by atoms with E-state index in [4.69, 9.17) is 10.5 Å². The Bertz CT molecular complexity index is 711. The molecular weight excluding hydrogens is 254 g/mol. The molecule has 0 radical (unpaired) electrons. The Labute approximate surface area is 116 Å². The normalized spacial score (nSPS) is 14.2. The molecule has 102 valence electrons. The zero-order chi connectivity index (χ0) is 14.3. The fourth-order valence-electron chi connectivity index (χ4n) is 2.71. The summed E-state index contributed by atoms with van der Waals surface area (Å²) in [6.07, 6.45) is 1.08. The first-order valence-corrected chi connectivity index (χ1v) is 6.61. The van der Waals surface area contributed by atoms with Gasteiger partial charge in [0, 0.05) is 0 Å². The quantitative estimate of drug-likeness (QED) is 0.866. The SMILES string of the molecule is CC(OC(=O)c1ccc2c3c(cccc13)CC2)C(N)=O. The number of benzene rings is 2. The van der Waals surface area contributed by atoms with E-state index in [0.29, 0.717) is 5.56 Å². The molecule has 2 aromatic rings. The zero-order valence-corrected chi connectivity index (χ0v) is 11.2. The molecule has 1 atom stereocenters. The van der Waals surface area contributed by atoms with Gasteiger partial charge >= 0.3 is 5.97 Å². The summed E-state index contributed by atoms with van der Waals surface area (Å²) in [6.45, 7) is 1.47. The van der Waals surface area contributed by atoms with E-state index in [2.05, 4.69) is 6.07 Å². The molecule has 2 aromatic carbocycles. The third-order valence-corrected chi connectivity index (χ3v) is 3.78. The van der Waals surface area contributed by atoms with Crippen molar-refractivity contribution in [2.24, 2.45) is 5.73 Å². The predicted octanol–water partition coefficient (Wildman–Crippen LogP) is 1.97. The lowest BCUT2D eigenvalue weighted by Crippen LogP contribution is -2.30. The van der Waals surface area contributed by atoms with Crippen LogP contribution in [0.15, 0.2) is 30.3 Å². The molecule has 1 amide bonds. The zero-order valence-electron chi connectivity index (χ0n) is 11.2. The molecule has 0 saturated carbocycles. The third-order valence-electron chi connectivity index (χ3n) is 3.78. The van der Waals surface area contributed by atoms with Crippen LogP contribution in [0.4, 0.5) is 0 Å². The molecule has 1 aliphatic rings. The molecule has 0 heterocycles. The van der Waals surface area contributed by atoms with Crippen LogP contribution >= 0.6 is 0 Å². The fraction of sp³-hybridized carbons (Fsp3) is 0.250. The lowest BCUT2D eigenvalue weighted by molar-refractivity contribution is -0.125. The number of nitrogens with two attached hydrogens (primary N) is 1. The molecule has 0 spiro atoms. The van der Waals surface area contributed by atoms with Crippen LogP contribution in [0, 0.1) is 0 Å². The number of hydrogen-bond donors (Lipinski definition) is 1. The number of primary amides is 1. The summed E-state index contributed by atoms with van der Waals surface area (Å²) in [5, 5.41) is 2.04. The number of carbonyl (C=O) groups excluding carboxylic acids is 2. The van der Waals surface area contributed by atoms with Crippen LogP contribution in [0.25, 0.3) is 10.8 Å². The van der Waals surface area contributed by atoms with Gasteiger partial charge in [-0.2, -0.15) is 0 Å². The number of amides is 1. The van der Waals surface area contributed by atoms with E-state index < -0.39 is 18.0 Å². The van der Waals surface area contributed by atoms with Crippen LogP contribution in [0.2, 0.25) is 0 Å². The smallest absolute Gasteiger partial charge is 0.339 e. The highest BCUT2D eigenvalue weighted by molar-refractivity contribution is 6.07. The van der Waals surface area contributed by atoms with Crippen LogP contribution in [0.3, 0.4) is 0 Å². The monoisotopic (exact) mass is 269 g/mol. The van der Waals surface area contributed by atoms with Gasteiger partial charge in [-0.1, -0.05) is 24.3 Å². The molecule has 0 aromatic heterocycles. The van der Waals surface area contributed by atoms with Crippen molar-refractivity contribution in [3.63, 3.8) is 0 Å². The first-order chi connectivity index (χ1) is 9.58. The van der Waals surface area contributed by atoms with Crippen molar-refractivity contribution in [2.45, 2.75) is 25.9 Å². The summed E-state index contributed by atoms with van der Waals surface area (Å²) in [5.41, 5.74) is 8.12. The molecule has 4 nitrogen and oxygen atoms in total. The van der Waals surface area contributed by atoms with E-state index in [-0.39, 0.29) is 0 Å². The highest BCUT2D eigenvalue weighted by atomic mass is 16.5. The maximum absolute atomic E-state index is 12.2. The van der Waals surface area contributed by atoms with E-state index in [1.165, 1.54) is 18.1 Å². The van der Waals surface area contributed by atoms with Crippen LogP contribution in [0.5, 0.6) is 0 Å². The third kappa shape index (κ3) is 1.93. The van der Waals surface area contributed by atoms with Crippen LogP contribution < -0.4 is 5.73 Å². The molecule has 0 saturated heterocycles. The summed E-state index contributed by atoms with van der Waals surface area (Å²) < 4.78 is 5.09. The van der Waals surface area contributed by atoms with Gasteiger partial charge in [0.05, 0.1) is 5.56 Å². The van der Waals surface area contributed by atoms with Crippen molar-refractivity contribution in [2.75, 3.05) is 0 Å². The maximum atomic E-state index is 12.2. The molecule has 0 aliphatic heterocycles. The molecule has 0 fully saturated rings. The van der Waals surface area contributed by atoms with Crippen molar-refractivity contribution < 1.29 is 14.3 Å². The van der Waals surface area contributed by atoms with Crippen molar-refractivity contribution in [1.82, 2.24) is 0 Å².